The molecule has 0 amide bonds. The molecule has 1 unspecified atom stereocenters. The number of benzene rings is 1. The number of rotatable bonds is 8. The van der Waals surface area contributed by atoms with Gasteiger partial charge in [-0.15, -0.1) is 0 Å². The third-order valence-corrected chi connectivity index (χ3v) is 4.42. The monoisotopic (exact) mass is 297 g/mol. The van der Waals surface area contributed by atoms with Gasteiger partial charge in [0.05, 0.1) is 5.75 Å². The molecule has 1 atom stereocenters. The van der Waals surface area contributed by atoms with Gasteiger partial charge >= 0.3 is 0 Å². The minimum absolute atomic E-state index is 0.105. The Kier molecular flexibility index (Phi) is 6.69. The predicted molar refractivity (Wildman–Crippen MR) is 85.9 cm³/mol. The van der Waals surface area contributed by atoms with E-state index >= 15 is 0 Å². The summed E-state index contributed by atoms with van der Waals surface area (Å²) in [6.45, 7) is 7.16. The molecular formula is C16H27NO2S. The van der Waals surface area contributed by atoms with Crippen LogP contribution in [0, 0.1) is 0 Å². The molecule has 0 radical (unpaired) electrons. The number of nitrogens with one attached hydrogen (secondary N) is 1. The van der Waals surface area contributed by atoms with Crippen LogP contribution in [-0.4, -0.2) is 27.0 Å². The lowest BCUT2D eigenvalue weighted by Gasteiger charge is -2.22. The van der Waals surface area contributed by atoms with Gasteiger partial charge in [-0.05, 0) is 42.5 Å². The summed E-state index contributed by atoms with van der Waals surface area (Å²) >= 11 is 0. The summed E-state index contributed by atoms with van der Waals surface area (Å²) in [5.41, 5.74) is 3.64. The van der Waals surface area contributed by atoms with Gasteiger partial charge in [-0.25, -0.2) is 8.42 Å². The predicted octanol–water partition coefficient (Wildman–Crippen LogP) is 2.90. The van der Waals surface area contributed by atoms with Gasteiger partial charge in [0.25, 0.3) is 0 Å². The first-order valence-corrected chi connectivity index (χ1v) is 9.50. The first-order valence-electron chi connectivity index (χ1n) is 7.44. The van der Waals surface area contributed by atoms with Crippen LogP contribution in [-0.2, 0) is 22.7 Å². The third kappa shape index (κ3) is 5.25. The van der Waals surface area contributed by atoms with Gasteiger partial charge in [0, 0.05) is 12.3 Å². The van der Waals surface area contributed by atoms with Crippen LogP contribution in [0.3, 0.4) is 0 Å². The van der Waals surface area contributed by atoms with Crippen molar-refractivity contribution in [1.29, 1.82) is 0 Å². The van der Waals surface area contributed by atoms with E-state index in [4.69, 9.17) is 0 Å². The Balaban J connectivity index is 3.16. The molecule has 0 spiro atoms. The highest BCUT2D eigenvalue weighted by molar-refractivity contribution is 7.90. The van der Waals surface area contributed by atoms with E-state index in [1.807, 2.05) is 0 Å². The van der Waals surface area contributed by atoms with Crippen molar-refractivity contribution in [3.8, 4) is 0 Å². The second-order valence-electron chi connectivity index (χ2n) is 5.34. The molecule has 1 rings (SSSR count). The van der Waals surface area contributed by atoms with Gasteiger partial charge in [-0.2, -0.15) is 0 Å². The Labute approximate surface area is 123 Å². The molecule has 1 N–H and O–H groups in total. The van der Waals surface area contributed by atoms with Crippen LogP contribution in [0.25, 0.3) is 0 Å². The van der Waals surface area contributed by atoms with E-state index in [0.717, 1.165) is 31.4 Å². The van der Waals surface area contributed by atoms with E-state index in [2.05, 4.69) is 44.3 Å². The molecular weight excluding hydrogens is 270 g/mol. The molecule has 114 valence electrons. The average Bonchev–Trinajstić information content (AvgIpc) is 2.41. The number of hydrogen-bond donors (Lipinski definition) is 1. The fraction of sp³-hybridized carbons (Fsp3) is 0.625. The number of aryl methyl sites for hydroxylation is 2. The van der Waals surface area contributed by atoms with Crippen molar-refractivity contribution in [3.63, 3.8) is 0 Å². The first kappa shape index (κ1) is 17.2. The van der Waals surface area contributed by atoms with Gasteiger partial charge in [0.2, 0.25) is 0 Å². The molecule has 0 aliphatic carbocycles. The summed E-state index contributed by atoms with van der Waals surface area (Å²) in [6.07, 6.45) is 4.20. The van der Waals surface area contributed by atoms with Crippen LogP contribution in [0.15, 0.2) is 18.2 Å². The van der Waals surface area contributed by atoms with E-state index in [9.17, 15) is 8.42 Å². The highest BCUT2D eigenvalue weighted by Crippen LogP contribution is 2.22. The van der Waals surface area contributed by atoms with Gasteiger partial charge in [0.15, 0.2) is 0 Å². The molecule has 0 heterocycles. The van der Waals surface area contributed by atoms with Crippen molar-refractivity contribution in [2.75, 3.05) is 18.6 Å². The number of sulfone groups is 1. The minimum atomic E-state index is -3.01. The fourth-order valence-corrected chi connectivity index (χ4v) is 3.29. The molecule has 3 nitrogen and oxygen atoms in total. The van der Waals surface area contributed by atoms with E-state index in [1.54, 1.807) is 0 Å². The summed E-state index contributed by atoms with van der Waals surface area (Å²) in [5.74, 6) is 0.160. The zero-order chi connectivity index (χ0) is 15.2. The summed E-state index contributed by atoms with van der Waals surface area (Å²) in [4.78, 5) is 0. The van der Waals surface area contributed by atoms with E-state index < -0.39 is 9.84 Å². The number of hydrogen-bond acceptors (Lipinski definition) is 3. The molecule has 4 heteroatoms. The van der Waals surface area contributed by atoms with Crippen LogP contribution in [0.2, 0.25) is 0 Å². The summed E-state index contributed by atoms with van der Waals surface area (Å²) in [6, 6.07) is 6.33. The largest absolute Gasteiger partial charge is 0.309 e. The highest BCUT2D eigenvalue weighted by Gasteiger charge is 2.19. The van der Waals surface area contributed by atoms with Crippen molar-refractivity contribution in [2.45, 2.75) is 46.1 Å². The normalized spacial score (nSPS) is 13.4. The van der Waals surface area contributed by atoms with E-state index in [1.165, 1.54) is 17.4 Å². The van der Waals surface area contributed by atoms with Gasteiger partial charge < -0.3 is 5.32 Å². The standard InChI is InChI=1S/C16H27NO2S/c1-5-10-17-16(12-20(4,18)19)15-11-13(6-2)8-9-14(15)7-3/h8-9,11,16-17H,5-7,10,12H2,1-4H3. The fourth-order valence-electron chi connectivity index (χ4n) is 2.39. The van der Waals surface area contributed by atoms with Crippen molar-refractivity contribution in [2.24, 2.45) is 0 Å². The SMILES string of the molecule is CCCNC(CS(C)(=O)=O)c1cc(CC)ccc1CC. The van der Waals surface area contributed by atoms with Crippen LogP contribution in [0.1, 0.15) is 49.9 Å². The van der Waals surface area contributed by atoms with Crippen LogP contribution in [0.4, 0.5) is 0 Å². The molecule has 0 bridgehead atoms. The van der Waals surface area contributed by atoms with Crippen molar-refractivity contribution >= 4 is 9.84 Å². The van der Waals surface area contributed by atoms with Crippen LogP contribution in [0.5, 0.6) is 0 Å². The smallest absolute Gasteiger partial charge is 0.149 e. The highest BCUT2D eigenvalue weighted by atomic mass is 32.2. The molecule has 1 aromatic carbocycles. The average molecular weight is 297 g/mol. The van der Waals surface area contributed by atoms with Crippen LogP contribution < -0.4 is 5.32 Å². The Morgan fingerprint density at radius 1 is 1.15 bits per heavy atom. The van der Waals surface area contributed by atoms with Crippen LogP contribution >= 0.6 is 0 Å². The first-order chi connectivity index (χ1) is 9.41. The minimum Gasteiger partial charge on any atom is -0.309 e. The van der Waals surface area contributed by atoms with Crippen molar-refractivity contribution in [1.82, 2.24) is 5.32 Å². The third-order valence-electron chi connectivity index (χ3n) is 3.49. The Morgan fingerprint density at radius 3 is 2.35 bits per heavy atom. The zero-order valence-corrected chi connectivity index (χ0v) is 13.9. The zero-order valence-electron chi connectivity index (χ0n) is 13.1. The lowest BCUT2D eigenvalue weighted by atomic mass is 9.96. The Bertz CT molecular complexity index is 523. The maximum Gasteiger partial charge on any atom is 0.149 e. The molecule has 0 saturated carbocycles. The van der Waals surface area contributed by atoms with E-state index in [-0.39, 0.29) is 11.8 Å². The maximum atomic E-state index is 11.7. The van der Waals surface area contributed by atoms with E-state index in [0.29, 0.717) is 0 Å². The molecule has 20 heavy (non-hydrogen) atoms. The van der Waals surface area contributed by atoms with Gasteiger partial charge in [-0.3, -0.25) is 0 Å². The topological polar surface area (TPSA) is 46.2 Å². The summed E-state index contributed by atoms with van der Waals surface area (Å²) in [5, 5.41) is 3.39. The lowest BCUT2D eigenvalue weighted by molar-refractivity contribution is 0.546. The Morgan fingerprint density at radius 2 is 1.85 bits per heavy atom. The molecule has 0 aliphatic rings. The molecule has 0 aromatic heterocycles. The quantitative estimate of drug-likeness (QED) is 0.802. The second-order valence-corrected chi connectivity index (χ2v) is 7.52. The molecule has 0 saturated heterocycles. The molecule has 0 aliphatic heterocycles. The van der Waals surface area contributed by atoms with Crippen molar-refractivity contribution < 1.29 is 8.42 Å². The second kappa shape index (κ2) is 7.79. The lowest BCUT2D eigenvalue weighted by Crippen LogP contribution is -2.29. The summed E-state index contributed by atoms with van der Waals surface area (Å²) in [7, 11) is -3.01. The van der Waals surface area contributed by atoms with Crippen molar-refractivity contribution in [3.05, 3.63) is 34.9 Å². The van der Waals surface area contributed by atoms with Gasteiger partial charge in [-0.1, -0.05) is 39.0 Å². The molecule has 0 fully saturated rings. The Hall–Kier alpha value is -0.870. The van der Waals surface area contributed by atoms with Gasteiger partial charge in [0.1, 0.15) is 9.84 Å². The molecule has 1 aromatic rings. The summed E-state index contributed by atoms with van der Waals surface area (Å²) < 4.78 is 23.4. The maximum absolute atomic E-state index is 11.7.